The van der Waals surface area contributed by atoms with Crippen LogP contribution in [0.1, 0.15) is 45.7 Å². The average Bonchev–Trinajstić information content (AvgIpc) is 2.86. The summed E-state index contributed by atoms with van der Waals surface area (Å²) in [6.07, 6.45) is 0.247. The van der Waals surface area contributed by atoms with Gasteiger partial charge in [0.25, 0.3) is 5.56 Å². The van der Waals surface area contributed by atoms with Crippen molar-refractivity contribution in [3.63, 3.8) is 0 Å². The van der Waals surface area contributed by atoms with Gasteiger partial charge in [0, 0.05) is 6.42 Å². The number of aromatic nitrogens is 2. The van der Waals surface area contributed by atoms with Crippen LogP contribution in [0.5, 0.6) is 0 Å². The number of para-hydroxylation sites is 1. The van der Waals surface area contributed by atoms with Gasteiger partial charge < -0.3 is 20.7 Å². The third-order valence-electron chi connectivity index (χ3n) is 6.29. The average molecular weight is 523 g/mol. The summed E-state index contributed by atoms with van der Waals surface area (Å²) >= 11 is 0. The number of rotatable bonds is 11. The molecule has 202 valence electrons. The summed E-state index contributed by atoms with van der Waals surface area (Å²) < 4.78 is 0.878. The molecule has 0 aliphatic rings. The lowest BCUT2D eigenvalue weighted by atomic mass is 9.99. The van der Waals surface area contributed by atoms with Gasteiger partial charge >= 0.3 is 11.7 Å². The highest BCUT2D eigenvalue weighted by Crippen LogP contribution is 2.16. The smallest absolute Gasteiger partial charge is 0.329 e. The Kier molecular flexibility index (Phi) is 9.22. The standard InChI is InChI=1S/C28H34N4O6/c1-16(2)14-21(24(33)31-23(17(3)4)27(36)37)29-25(34)22(15-18-10-6-5-7-11-18)32-26(35)19-12-8-9-13-20(19)30-28(32)38/h5-13,16-17,21-23H,14-15H2,1-4H3,(H,29,34)(H,30,38)(H,31,33)(H,36,37)/t21-,22-,23+/m0/s1. The number of aromatic amines is 1. The molecule has 0 aliphatic carbocycles. The second-order valence-corrected chi connectivity index (χ2v) is 10.1. The molecule has 3 atom stereocenters. The fourth-order valence-corrected chi connectivity index (χ4v) is 4.34. The van der Waals surface area contributed by atoms with Gasteiger partial charge in [-0.2, -0.15) is 0 Å². The Bertz CT molecular complexity index is 1410. The fourth-order valence-electron chi connectivity index (χ4n) is 4.34. The van der Waals surface area contributed by atoms with Gasteiger partial charge in [0.2, 0.25) is 11.8 Å². The zero-order chi connectivity index (χ0) is 28.0. The second-order valence-electron chi connectivity index (χ2n) is 10.1. The third kappa shape index (κ3) is 6.76. The van der Waals surface area contributed by atoms with Crippen molar-refractivity contribution >= 4 is 28.7 Å². The highest BCUT2D eigenvalue weighted by molar-refractivity contribution is 5.91. The van der Waals surface area contributed by atoms with E-state index in [1.807, 2.05) is 19.9 Å². The maximum Gasteiger partial charge on any atom is 0.329 e. The van der Waals surface area contributed by atoms with Crippen molar-refractivity contribution < 1.29 is 19.5 Å². The number of nitrogens with one attached hydrogen (secondary N) is 3. The molecule has 0 spiro atoms. The van der Waals surface area contributed by atoms with E-state index in [0.29, 0.717) is 11.1 Å². The number of amides is 2. The molecule has 4 N–H and O–H groups in total. The molecule has 0 saturated carbocycles. The van der Waals surface area contributed by atoms with Crippen molar-refractivity contribution in [3.8, 4) is 0 Å². The van der Waals surface area contributed by atoms with Crippen LogP contribution in [-0.2, 0) is 20.8 Å². The molecule has 38 heavy (non-hydrogen) atoms. The van der Waals surface area contributed by atoms with E-state index in [4.69, 9.17) is 0 Å². The van der Waals surface area contributed by atoms with Crippen LogP contribution >= 0.6 is 0 Å². The minimum atomic E-state index is -1.26. The minimum absolute atomic E-state index is 0.0206. The highest BCUT2D eigenvalue weighted by Gasteiger charge is 2.32. The van der Waals surface area contributed by atoms with E-state index in [2.05, 4.69) is 15.6 Å². The molecule has 1 aromatic heterocycles. The molecule has 3 rings (SSSR count). The summed E-state index contributed by atoms with van der Waals surface area (Å²) in [5.41, 5.74) is -0.317. The quantitative estimate of drug-likeness (QED) is 0.303. The highest BCUT2D eigenvalue weighted by atomic mass is 16.4. The first-order valence-electron chi connectivity index (χ1n) is 12.6. The van der Waals surface area contributed by atoms with Crippen molar-refractivity contribution in [3.05, 3.63) is 81.0 Å². The largest absolute Gasteiger partial charge is 0.480 e. The number of H-pyrrole nitrogens is 1. The van der Waals surface area contributed by atoms with Gasteiger partial charge in [-0.3, -0.25) is 14.4 Å². The molecule has 0 fully saturated rings. The summed E-state index contributed by atoms with van der Waals surface area (Å²) in [5.74, 6) is -2.93. The van der Waals surface area contributed by atoms with E-state index >= 15 is 0 Å². The molecule has 10 heteroatoms. The minimum Gasteiger partial charge on any atom is -0.480 e. The Morgan fingerprint density at radius 1 is 0.895 bits per heavy atom. The van der Waals surface area contributed by atoms with Crippen LogP contribution in [0.15, 0.2) is 64.2 Å². The van der Waals surface area contributed by atoms with Crippen LogP contribution in [0.3, 0.4) is 0 Å². The van der Waals surface area contributed by atoms with Crippen molar-refractivity contribution in [1.29, 1.82) is 0 Å². The third-order valence-corrected chi connectivity index (χ3v) is 6.29. The van der Waals surface area contributed by atoms with Gasteiger partial charge in [-0.25, -0.2) is 14.2 Å². The monoisotopic (exact) mass is 522 g/mol. The lowest BCUT2D eigenvalue weighted by Crippen LogP contribution is -2.55. The van der Waals surface area contributed by atoms with Gasteiger partial charge in [0.15, 0.2) is 0 Å². The first-order valence-corrected chi connectivity index (χ1v) is 12.6. The Labute approximate surface area is 220 Å². The molecule has 0 unspecified atom stereocenters. The first kappa shape index (κ1) is 28.4. The van der Waals surface area contributed by atoms with Crippen LogP contribution in [0.2, 0.25) is 0 Å². The van der Waals surface area contributed by atoms with E-state index in [-0.39, 0.29) is 30.1 Å². The SMILES string of the molecule is CC(C)C[C@H](NC(=O)[C@H](Cc1ccccc1)n1c(=O)[nH]c2ccccc2c1=O)C(=O)N[C@@H](C(=O)O)C(C)C. The molecule has 10 nitrogen and oxygen atoms in total. The molecule has 1 heterocycles. The Balaban J connectivity index is 2.02. The predicted molar refractivity (Wildman–Crippen MR) is 144 cm³/mol. The molecule has 0 radical (unpaired) electrons. The molecule has 2 aromatic carbocycles. The fraction of sp³-hybridized carbons (Fsp3) is 0.393. The molecule has 3 aromatic rings. The van der Waals surface area contributed by atoms with E-state index in [9.17, 15) is 29.1 Å². The zero-order valence-electron chi connectivity index (χ0n) is 21.9. The van der Waals surface area contributed by atoms with Gasteiger partial charge in [0.1, 0.15) is 18.1 Å². The number of hydrogen-bond donors (Lipinski definition) is 4. The molecule has 0 saturated heterocycles. The Morgan fingerprint density at radius 2 is 1.53 bits per heavy atom. The molecular weight excluding hydrogens is 488 g/mol. The summed E-state index contributed by atoms with van der Waals surface area (Å²) in [4.78, 5) is 67.6. The lowest BCUT2D eigenvalue weighted by molar-refractivity contribution is -0.143. The second kappa shape index (κ2) is 12.4. The lowest BCUT2D eigenvalue weighted by Gasteiger charge is -2.26. The maximum atomic E-state index is 13.7. The van der Waals surface area contributed by atoms with Crippen LogP contribution in [-0.4, -0.2) is 44.5 Å². The normalized spacial score (nSPS) is 13.7. The summed E-state index contributed by atoms with van der Waals surface area (Å²) in [6.45, 7) is 7.07. The number of fused-ring (bicyclic) bond motifs is 1. The van der Waals surface area contributed by atoms with Crippen molar-refractivity contribution in [2.75, 3.05) is 0 Å². The summed E-state index contributed by atoms with van der Waals surface area (Å²) in [6, 6.07) is 12.0. The van der Waals surface area contributed by atoms with Crippen LogP contribution < -0.4 is 21.9 Å². The van der Waals surface area contributed by atoms with E-state index in [1.165, 1.54) is 0 Å². The number of carbonyl (C=O) groups is 3. The number of nitrogens with zero attached hydrogens (tertiary/aromatic N) is 1. The van der Waals surface area contributed by atoms with Gasteiger partial charge in [-0.15, -0.1) is 0 Å². The number of benzene rings is 2. The molecule has 2 amide bonds. The van der Waals surface area contributed by atoms with Crippen LogP contribution in [0.25, 0.3) is 10.9 Å². The summed E-state index contributed by atoms with van der Waals surface area (Å²) in [7, 11) is 0. The van der Waals surface area contributed by atoms with Crippen molar-refractivity contribution in [2.45, 2.75) is 58.7 Å². The number of carboxylic acid groups (broad SMARTS) is 1. The first-order chi connectivity index (χ1) is 18.0. The number of aliphatic carboxylic acids is 1. The molecule has 0 aliphatic heterocycles. The zero-order valence-corrected chi connectivity index (χ0v) is 21.9. The van der Waals surface area contributed by atoms with Crippen molar-refractivity contribution in [2.24, 2.45) is 11.8 Å². The topological polar surface area (TPSA) is 150 Å². The maximum absolute atomic E-state index is 13.7. The predicted octanol–water partition coefficient (Wildman–Crippen LogP) is 2.23. The number of carbonyl (C=O) groups excluding carboxylic acids is 2. The Morgan fingerprint density at radius 3 is 2.13 bits per heavy atom. The number of hydrogen-bond acceptors (Lipinski definition) is 5. The van der Waals surface area contributed by atoms with Crippen LogP contribution in [0.4, 0.5) is 0 Å². The number of carboxylic acids is 1. The van der Waals surface area contributed by atoms with Gasteiger partial charge in [0.05, 0.1) is 10.9 Å². The molecule has 0 bridgehead atoms. The molecular formula is C28H34N4O6. The van der Waals surface area contributed by atoms with E-state index < -0.39 is 47.2 Å². The van der Waals surface area contributed by atoms with Crippen molar-refractivity contribution in [1.82, 2.24) is 20.2 Å². The van der Waals surface area contributed by atoms with Gasteiger partial charge in [-0.05, 0) is 36.0 Å². The Hall–Kier alpha value is -4.21. The van der Waals surface area contributed by atoms with E-state index in [1.54, 1.807) is 62.4 Å². The van der Waals surface area contributed by atoms with E-state index in [0.717, 1.165) is 4.57 Å². The van der Waals surface area contributed by atoms with Gasteiger partial charge in [-0.1, -0.05) is 70.2 Å². The van der Waals surface area contributed by atoms with Crippen LogP contribution in [0, 0.1) is 11.8 Å². The summed E-state index contributed by atoms with van der Waals surface area (Å²) in [5, 5.41) is 15.0.